The van der Waals surface area contributed by atoms with Gasteiger partial charge in [-0.25, -0.2) is 9.37 Å². The molecule has 0 aliphatic rings. The summed E-state index contributed by atoms with van der Waals surface area (Å²) in [6, 6.07) is 0. The zero-order chi connectivity index (χ0) is 9.14. The van der Waals surface area contributed by atoms with Crippen LogP contribution in [0.1, 0.15) is 13.3 Å². The summed E-state index contributed by atoms with van der Waals surface area (Å²) in [6.45, 7) is 2.02. The highest BCUT2D eigenvalue weighted by Crippen LogP contribution is 2.19. The quantitative estimate of drug-likeness (QED) is 0.751. The second-order valence-corrected chi connectivity index (χ2v) is 3.31. The molecular formula is C7H9Cl2FN2. The Morgan fingerprint density at radius 2 is 2.33 bits per heavy atom. The number of alkyl halides is 1. The second-order valence-electron chi connectivity index (χ2n) is 2.59. The van der Waals surface area contributed by atoms with E-state index >= 15 is 0 Å². The van der Waals surface area contributed by atoms with E-state index in [1.807, 2.05) is 0 Å². The lowest BCUT2D eigenvalue weighted by molar-refractivity contribution is 0.325. The molecule has 68 valence electrons. The molecule has 2 nitrogen and oxygen atoms in total. The fourth-order valence-electron chi connectivity index (χ4n) is 0.816. The van der Waals surface area contributed by atoms with E-state index < -0.39 is 6.17 Å². The van der Waals surface area contributed by atoms with E-state index in [4.69, 9.17) is 23.2 Å². The van der Waals surface area contributed by atoms with E-state index in [0.29, 0.717) is 18.1 Å². The van der Waals surface area contributed by atoms with Crippen LogP contribution in [0.15, 0.2) is 6.33 Å². The van der Waals surface area contributed by atoms with Crippen molar-refractivity contribution in [3.05, 3.63) is 16.6 Å². The summed E-state index contributed by atoms with van der Waals surface area (Å²) >= 11 is 11.3. The van der Waals surface area contributed by atoms with Crippen LogP contribution in [0.3, 0.4) is 0 Å². The minimum absolute atomic E-state index is 0.267. The van der Waals surface area contributed by atoms with Crippen LogP contribution < -0.4 is 0 Å². The maximum absolute atomic E-state index is 12.4. The van der Waals surface area contributed by atoms with Gasteiger partial charge in [-0.3, -0.25) is 0 Å². The number of hydrogen-bond acceptors (Lipinski definition) is 1. The van der Waals surface area contributed by atoms with Crippen molar-refractivity contribution in [2.75, 3.05) is 0 Å². The van der Waals surface area contributed by atoms with Crippen molar-refractivity contribution in [3.63, 3.8) is 0 Å². The molecule has 1 rings (SSSR count). The van der Waals surface area contributed by atoms with Crippen LogP contribution in [0.5, 0.6) is 0 Å². The lowest BCUT2D eigenvalue weighted by Crippen LogP contribution is -2.02. The van der Waals surface area contributed by atoms with Crippen molar-refractivity contribution < 1.29 is 4.39 Å². The van der Waals surface area contributed by atoms with E-state index in [9.17, 15) is 4.39 Å². The van der Waals surface area contributed by atoms with Gasteiger partial charge in [0.1, 0.15) is 5.15 Å². The molecule has 0 saturated heterocycles. The molecule has 0 aromatic carbocycles. The van der Waals surface area contributed by atoms with Gasteiger partial charge in [-0.15, -0.1) is 0 Å². The Bertz CT molecular complexity index is 260. The maximum Gasteiger partial charge on any atom is 0.166 e. The lowest BCUT2D eigenvalue weighted by atomic mass is 10.3. The number of aryl methyl sites for hydroxylation is 1. The first kappa shape index (κ1) is 9.81. The van der Waals surface area contributed by atoms with Crippen molar-refractivity contribution in [1.82, 2.24) is 9.55 Å². The molecule has 0 bridgehead atoms. The Labute approximate surface area is 80.3 Å². The van der Waals surface area contributed by atoms with Gasteiger partial charge in [0.2, 0.25) is 0 Å². The highest BCUT2D eigenvalue weighted by atomic mass is 35.5. The second kappa shape index (κ2) is 4.10. The molecule has 0 aliphatic heterocycles. The van der Waals surface area contributed by atoms with Gasteiger partial charge in [-0.05, 0) is 13.3 Å². The largest absolute Gasteiger partial charge is 0.320 e. The number of nitrogens with zero attached hydrogens (tertiary/aromatic N) is 2. The average Bonchev–Trinajstić information content (AvgIpc) is 2.30. The Balaban J connectivity index is 2.58. The first-order valence-electron chi connectivity index (χ1n) is 3.61. The van der Waals surface area contributed by atoms with Crippen molar-refractivity contribution in [1.29, 1.82) is 0 Å². The smallest absolute Gasteiger partial charge is 0.166 e. The molecule has 0 saturated carbocycles. The van der Waals surface area contributed by atoms with Crippen LogP contribution in [0.2, 0.25) is 10.3 Å². The summed E-state index contributed by atoms with van der Waals surface area (Å²) in [5, 5.41) is 0.639. The predicted molar refractivity (Wildman–Crippen MR) is 47.4 cm³/mol. The Hall–Kier alpha value is -0.280. The third-order valence-electron chi connectivity index (χ3n) is 1.50. The minimum Gasteiger partial charge on any atom is -0.320 e. The third-order valence-corrected chi connectivity index (χ3v) is 2.27. The van der Waals surface area contributed by atoms with Crippen LogP contribution in [0.4, 0.5) is 4.39 Å². The van der Waals surface area contributed by atoms with Gasteiger partial charge in [0.15, 0.2) is 5.15 Å². The topological polar surface area (TPSA) is 17.8 Å². The molecule has 0 spiro atoms. The van der Waals surface area contributed by atoms with Crippen LogP contribution >= 0.6 is 23.2 Å². The maximum atomic E-state index is 12.4. The lowest BCUT2D eigenvalue weighted by Gasteiger charge is -2.03. The number of aromatic nitrogens is 2. The number of rotatable bonds is 3. The molecule has 0 amide bonds. The van der Waals surface area contributed by atoms with E-state index in [0.717, 1.165) is 0 Å². The molecule has 1 aromatic heterocycles. The van der Waals surface area contributed by atoms with Crippen LogP contribution in [-0.2, 0) is 6.54 Å². The minimum atomic E-state index is -0.831. The Morgan fingerprint density at radius 1 is 1.67 bits per heavy atom. The summed E-state index contributed by atoms with van der Waals surface area (Å²) < 4.78 is 14.0. The Kier molecular flexibility index (Phi) is 3.35. The van der Waals surface area contributed by atoms with Gasteiger partial charge >= 0.3 is 0 Å². The molecule has 1 aromatic rings. The highest BCUT2D eigenvalue weighted by Gasteiger charge is 2.06. The first-order valence-corrected chi connectivity index (χ1v) is 4.37. The van der Waals surface area contributed by atoms with Gasteiger partial charge < -0.3 is 4.57 Å². The Morgan fingerprint density at radius 3 is 2.75 bits per heavy atom. The van der Waals surface area contributed by atoms with Crippen LogP contribution in [0, 0.1) is 0 Å². The van der Waals surface area contributed by atoms with Crippen LogP contribution in [-0.4, -0.2) is 15.7 Å². The molecule has 0 fully saturated rings. The van der Waals surface area contributed by atoms with E-state index in [2.05, 4.69) is 4.98 Å². The number of hydrogen-bond donors (Lipinski definition) is 0. The van der Waals surface area contributed by atoms with Gasteiger partial charge in [0.25, 0.3) is 0 Å². The average molecular weight is 211 g/mol. The van der Waals surface area contributed by atoms with E-state index in [-0.39, 0.29) is 5.15 Å². The fourth-order valence-corrected chi connectivity index (χ4v) is 1.14. The normalized spacial score (nSPS) is 13.3. The molecular weight excluding hydrogens is 202 g/mol. The molecule has 1 unspecified atom stereocenters. The van der Waals surface area contributed by atoms with Gasteiger partial charge in [0.05, 0.1) is 12.5 Å². The zero-order valence-corrected chi connectivity index (χ0v) is 8.11. The molecule has 12 heavy (non-hydrogen) atoms. The van der Waals surface area contributed by atoms with E-state index in [1.54, 1.807) is 4.57 Å². The molecule has 5 heteroatoms. The molecule has 0 radical (unpaired) electrons. The summed E-state index contributed by atoms with van der Waals surface area (Å²) in [5.41, 5.74) is 0. The summed E-state index contributed by atoms with van der Waals surface area (Å²) in [5.74, 6) is 0. The van der Waals surface area contributed by atoms with E-state index in [1.165, 1.54) is 13.3 Å². The molecule has 0 aliphatic carbocycles. The molecule has 1 heterocycles. The van der Waals surface area contributed by atoms with Gasteiger partial charge in [0, 0.05) is 6.54 Å². The predicted octanol–water partition coefficient (Wildman–Crippen LogP) is 2.94. The summed E-state index contributed by atoms with van der Waals surface area (Å²) in [4.78, 5) is 3.77. The third kappa shape index (κ3) is 2.35. The van der Waals surface area contributed by atoms with Crippen molar-refractivity contribution >= 4 is 23.2 Å². The number of imidazole rings is 1. The standard InChI is InChI=1S/C7H9Cl2FN2/c1-5(10)2-3-12-4-11-6(8)7(12)9/h4-5H,2-3H2,1H3. The van der Waals surface area contributed by atoms with Crippen molar-refractivity contribution in [3.8, 4) is 0 Å². The van der Waals surface area contributed by atoms with Gasteiger partial charge in [-0.2, -0.15) is 0 Å². The number of halogens is 3. The summed E-state index contributed by atoms with van der Waals surface area (Å²) in [7, 11) is 0. The fraction of sp³-hybridized carbons (Fsp3) is 0.571. The SMILES string of the molecule is CC(F)CCn1cnc(Cl)c1Cl. The van der Waals surface area contributed by atoms with Gasteiger partial charge in [-0.1, -0.05) is 23.2 Å². The van der Waals surface area contributed by atoms with Crippen molar-refractivity contribution in [2.45, 2.75) is 26.1 Å². The molecule has 1 atom stereocenters. The zero-order valence-electron chi connectivity index (χ0n) is 6.60. The van der Waals surface area contributed by atoms with Crippen molar-refractivity contribution in [2.24, 2.45) is 0 Å². The highest BCUT2D eigenvalue weighted by molar-refractivity contribution is 6.40. The first-order chi connectivity index (χ1) is 5.61. The van der Waals surface area contributed by atoms with Crippen LogP contribution in [0.25, 0.3) is 0 Å². The monoisotopic (exact) mass is 210 g/mol. The summed E-state index contributed by atoms with van der Waals surface area (Å²) in [6.07, 6.45) is 1.10. The molecule has 0 N–H and O–H groups in total.